The summed E-state index contributed by atoms with van der Waals surface area (Å²) >= 11 is 0. The highest BCUT2D eigenvalue weighted by atomic mass is 19.4. The van der Waals surface area contributed by atoms with Gasteiger partial charge in [-0.25, -0.2) is 4.68 Å². The minimum absolute atomic E-state index is 0.118. The number of ether oxygens (including phenoxy) is 2. The third-order valence-electron chi connectivity index (χ3n) is 10.2. The number of likely N-dealkylation sites (N-methyl/N-ethyl adjacent to an activating group) is 1. The van der Waals surface area contributed by atoms with Gasteiger partial charge < -0.3 is 30.3 Å². The lowest BCUT2D eigenvalue weighted by molar-refractivity contribution is -0.137. The number of fused-ring (bicyclic) bond motifs is 1. The van der Waals surface area contributed by atoms with Gasteiger partial charge in [0.2, 0.25) is 0 Å². The first-order valence-electron chi connectivity index (χ1n) is 19.9. The fraction of sp³-hybridized carbons (Fsp3) is 0.395. The van der Waals surface area contributed by atoms with Crippen LogP contribution in [-0.4, -0.2) is 122 Å². The Kier molecular flexibility index (Phi) is 14.9. The number of amides is 3. The van der Waals surface area contributed by atoms with Crippen molar-refractivity contribution < 1.29 is 37.0 Å². The number of halogens is 3. The van der Waals surface area contributed by atoms with Gasteiger partial charge in [-0.05, 0) is 55.8 Å². The molecule has 1 aromatic heterocycles. The van der Waals surface area contributed by atoms with Crippen molar-refractivity contribution in [3.05, 3.63) is 114 Å². The van der Waals surface area contributed by atoms with Gasteiger partial charge in [0.15, 0.2) is 0 Å². The summed E-state index contributed by atoms with van der Waals surface area (Å²) in [6, 6.07) is 20.1. The lowest BCUT2D eigenvalue weighted by atomic mass is 10.0. The predicted molar refractivity (Wildman–Crippen MR) is 219 cm³/mol. The maximum absolute atomic E-state index is 13.4. The second-order valence-electron chi connectivity index (χ2n) is 14.4. The molecule has 7 rings (SSSR count). The number of hydrogen-bond acceptors (Lipinski definition) is 9. The van der Waals surface area contributed by atoms with Gasteiger partial charge in [-0.1, -0.05) is 36.9 Å². The van der Waals surface area contributed by atoms with Crippen molar-refractivity contribution >= 4 is 29.2 Å². The minimum Gasteiger partial charge on any atom is -0.493 e. The average Bonchev–Trinajstić information content (AvgIpc) is 3.67. The Morgan fingerprint density at radius 3 is 2.44 bits per heavy atom. The van der Waals surface area contributed by atoms with Gasteiger partial charge in [-0.15, -0.1) is 0 Å². The van der Waals surface area contributed by atoms with Crippen molar-refractivity contribution in [2.75, 3.05) is 88.9 Å². The minimum atomic E-state index is -4.58. The van der Waals surface area contributed by atoms with E-state index in [1.165, 1.54) is 17.0 Å². The molecule has 1 atom stereocenters. The van der Waals surface area contributed by atoms with Gasteiger partial charge in [-0.2, -0.15) is 18.3 Å². The zero-order valence-corrected chi connectivity index (χ0v) is 33.2. The number of nitrogens with zero attached hydrogens (tertiary/aromatic N) is 5. The van der Waals surface area contributed by atoms with E-state index >= 15 is 0 Å². The van der Waals surface area contributed by atoms with Crippen LogP contribution in [0, 0.1) is 0 Å². The standard InChI is InChI=1S/C29H33F3N6O3.C14H18N2O2/c1-2-37-27-21(17-25(28(37)40)35-26(39)20-6-3-7-22(16-20)29(30,31)32)19-34-38(27)23-8-4-9-24(18-23)41-15-5-12-36-13-10-33-11-14-36;1-12(11-16-7-9-18-10-8-16)14(17)15-13-5-3-2-4-6-13/h3-4,6-9,16,18-19,25,33H,2,5,10-15,17H2,1H3,(H,35,39);2-6H,1,7-11H2,(H,15,17). The number of rotatable bonds is 13. The highest BCUT2D eigenvalue weighted by Crippen LogP contribution is 2.32. The van der Waals surface area contributed by atoms with Crippen molar-refractivity contribution in [2.24, 2.45) is 0 Å². The molecule has 13 nitrogen and oxygen atoms in total. The lowest BCUT2D eigenvalue weighted by Gasteiger charge is -2.32. The monoisotopic (exact) mass is 816 g/mol. The van der Waals surface area contributed by atoms with E-state index in [0.29, 0.717) is 36.8 Å². The Balaban J connectivity index is 0.000000271. The summed E-state index contributed by atoms with van der Waals surface area (Å²) in [7, 11) is 0. The molecule has 314 valence electrons. The molecule has 2 saturated heterocycles. The van der Waals surface area contributed by atoms with Crippen molar-refractivity contribution in [2.45, 2.75) is 32.0 Å². The molecule has 0 aliphatic carbocycles. The zero-order chi connectivity index (χ0) is 41.8. The summed E-state index contributed by atoms with van der Waals surface area (Å²) in [6.45, 7) is 15.4. The molecule has 0 radical (unpaired) electrons. The Morgan fingerprint density at radius 2 is 1.71 bits per heavy atom. The molecule has 4 aromatic rings. The van der Waals surface area contributed by atoms with Gasteiger partial charge in [0, 0.05) is 93.8 Å². The van der Waals surface area contributed by atoms with E-state index < -0.39 is 23.7 Å². The average molecular weight is 817 g/mol. The number of carbonyl (C=O) groups is 3. The van der Waals surface area contributed by atoms with Crippen LogP contribution < -0.4 is 25.6 Å². The van der Waals surface area contributed by atoms with E-state index in [1.807, 2.05) is 61.5 Å². The quantitative estimate of drug-likeness (QED) is 0.129. The van der Waals surface area contributed by atoms with Crippen molar-refractivity contribution in [1.82, 2.24) is 30.2 Å². The SMILES string of the molecule is C=C(CN1CCOCC1)C(=O)Nc1ccccc1.CCN1C(=O)C(NC(=O)c2cccc(C(F)(F)F)c2)Cc2cnn(-c3cccc(OCCCN4CCNCC4)c3)c21. The van der Waals surface area contributed by atoms with Crippen molar-refractivity contribution in [1.29, 1.82) is 0 Å². The number of piperazine rings is 1. The number of hydrogen-bond donors (Lipinski definition) is 3. The van der Waals surface area contributed by atoms with Gasteiger partial charge in [0.1, 0.15) is 17.6 Å². The predicted octanol–water partition coefficient (Wildman–Crippen LogP) is 4.79. The second-order valence-corrected chi connectivity index (χ2v) is 14.4. The summed E-state index contributed by atoms with van der Waals surface area (Å²) < 4.78 is 52.3. The molecule has 3 aromatic carbocycles. The zero-order valence-electron chi connectivity index (χ0n) is 33.2. The largest absolute Gasteiger partial charge is 0.493 e. The number of alkyl halides is 3. The Hall–Kier alpha value is -5.55. The molecule has 3 aliphatic heterocycles. The van der Waals surface area contributed by atoms with E-state index in [0.717, 1.165) is 94.5 Å². The molecule has 3 N–H and O–H groups in total. The van der Waals surface area contributed by atoms with E-state index in [-0.39, 0.29) is 23.8 Å². The number of para-hydroxylation sites is 1. The lowest BCUT2D eigenvalue weighted by Crippen LogP contribution is -2.53. The maximum Gasteiger partial charge on any atom is 0.416 e. The third-order valence-corrected chi connectivity index (χ3v) is 10.2. The van der Waals surface area contributed by atoms with Crippen LogP contribution in [0.1, 0.15) is 34.8 Å². The maximum atomic E-state index is 13.4. The molecule has 16 heteroatoms. The Bertz CT molecular complexity index is 2050. The molecule has 1 unspecified atom stereocenters. The van der Waals surface area contributed by atoms with Crippen LogP contribution in [0.4, 0.5) is 24.7 Å². The first kappa shape index (κ1) is 43.0. The number of anilines is 2. The number of nitrogens with one attached hydrogen (secondary N) is 3. The van der Waals surface area contributed by atoms with Gasteiger partial charge >= 0.3 is 6.18 Å². The van der Waals surface area contributed by atoms with Gasteiger partial charge in [0.25, 0.3) is 17.7 Å². The first-order chi connectivity index (χ1) is 28.5. The molecule has 59 heavy (non-hydrogen) atoms. The molecule has 0 bridgehead atoms. The van der Waals surface area contributed by atoms with Crippen molar-refractivity contribution in [3.8, 4) is 11.4 Å². The van der Waals surface area contributed by atoms with Crippen LogP contribution >= 0.6 is 0 Å². The number of morpholine rings is 1. The second kappa shape index (κ2) is 20.4. The highest BCUT2D eigenvalue weighted by Gasteiger charge is 2.37. The van der Waals surface area contributed by atoms with E-state index in [9.17, 15) is 27.6 Å². The summed E-state index contributed by atoms with van der Waals surface area (Å²) in [5.41, 5.74) is 1.75. The summed E-state index contributed by atoms with van der Waals surface area (Å²) in [4.78, 5) is 44.3. The number of carbonyl (C=O) groups excluding carboxylic acids is 3. The van der Waals surface area contributed by atoms with Crippen molar-refractivity contribution in [3.63, 3.8) is 0 Å². The Labute approximate surface area is 342 Å². The van der Waals surface area contributed by atoms with Crippen LogP contribution in [-0.2, 0) is 26.9 Å². The van der Waals surface area contributed by atoms with Crippen LogP contribution in [0.3, 0.4) is 0 Å². The molecule has 3 amide bonds. The fourth-order valence-corrected chi connectivity index (χ4v) is 7.05. The molecule has 2 fully saturated rings. The van der Waals surface area contributed by atoms with Crippen LogP contribution in [0.5, 0.6) is 5.75 Å². The molecular formula is C43H51F3N8O5. The smallest absolute Gasteiger partial charge is 0.416 e. The van der Waals surface area contributed by atoms with Gasteiger partial charge in [-0.3, -0.25) is 24.2 Å². The topological polar surface area (TPSA) is 133 Å². The van der Waals surface area contributed by atoms with E-state index in [2.05, 4.69) is 37.4 Å². The van der Waals surface area contributed by atoms with Crippen LogP contribution in [0.2, 0.25) is 0 Å². The van der Waals surface area contributed by atoms with Crippen LogP contribution in [0.25, 0.3) is 5.69 Å². The molecule has 0 spiro atoms. The highest BCUT2D eigenvalue weighted by molar-refractivity contribution is 6.04. The summed E-state index contributed by atoms with van der Waals surface area (Å²) in [5, 5.41) is 13.3. The molecular weight excluding hydrogens is 766 g/mol. The summed E-state index contributed by atoms with van der Waals surface area (Å²) in [5.74, 6) is 0.0691. The molecule has 0 saturated carbocycles. The summed E-state index contributed by atoms with van der Waals surface area (Å²) in [6.07, 6.45) is -1.85. The Morgan fingerprint density at radius 1 is 0.966 bits per heavy atom. The molecule has 3 aliphatic rings. The van der Waals surface area contributed by atoms with E-state index in [1.54, 1.807) is 10.9 Å². The van der Waals surface area contributed by atoms with Gasteiger partial charge in [0.05, 0.1) is 37.3 Å². The van der Waals surface area contributed by atoms with Crippen LogP contribution in [0.15, 0.2) is 97.2 Å². The van der Waals surface area contributed by atoms with E-state index in [4.69, 9.17) is 9.47 Å². The third kappa shape index (κ3) is 11.8. The first-order valence-corrected chi connectivity index (χ1v) is 19.9. The fourth-order valence-electron chi connectivity index (χ4n) is 7.05. The number of benzene rings is 3. The normalized spacial score (nSPS) is 17.3. The number of aromatic nitrogens is 2. The molecule has 4 heterocycles.